The number of allylic oxidation sites excluding steroid dienone is 1. The number of rotatable bonds is 36. The van der Waals surface area contributed by atoms with Crippen molar-refractivity contribution in [2.45, 2.75) is 282 Å². The minimum Gasteiger partial charge on any atom is -0.477 e. The van der Waals surface area contributed by atoms with Crippen molar-refractivity contribution in [3.63, 3.8) is 0 Å². The maximum atomic E-state index is 13.1. The van der Waals surface area contributed by atoms with Crippen LogP contribution in [-0.2, 0) is 66.5 Å². The number of amides is 3. The first kappa shape index (κ1) is 78.3. The van der Waals surface area contributed by atoms with Gasteiger partial charge >= 0.3 is 5.97 Å². The molecule has 0 bridgehead atoms. The smallest absolute Gasteiger partial charge is 0.364 e. The lowest BCUT2D eigenvalue weighted by molar-refractivity contribution is -0.390. The quantitative estimate of drug-likeness (QED) is 0.0205. The molecule has 3 amide bonds. The van der Waals surface area contributed by atoms with Crippen LogP contribution >= 0.6 is 0 Å². The van der Waals surface area contributed by atoms with Crippen molar-refractivity contribution >= 4 is 23.7 Å². The van der Waals surface area contributed by atoms with Crippen molar-refractivity contribution in [2.75, 3.05) is 39.6 Å². The number of carbonyl (C=O) groups excluding carboxylic acids is 3. The Bertz CT molecular complexity index is 2210. The molecule has 0 spiro atoms. The minimum absolute atomic E-state index is 0.473. The van der Waals surface area contributed by atoms with Crippen LogP contribution in [0.15, 0.2) is 12.2 Å². The molecule has 5 heterocycles. The Morgan fingerprint density at radius 3 is 1.53 bits per heavy atom. The summed E-state index contributed by atoms with van der Waals surface area (Å²) in [5, 5.41) is 194. The molecule has 0 aliphatic carbocycles. The first-order chi connectivity index (χ1) is 43.2. The molecular weight excluding hydrogens is 1220 g/mol. The third kappa shape index (κ3) is 21.0. The van der Waals surface area contributed by atoms with E-state index in [-0.39, 0.29) is 0 Å². The lowest BCUT2D eigenvalue weighted by Gasteiger charge is -2.51. The van der Waals surface area contributed by atoms with Crippen LogP contribution in [-0.4, -0.2) is 321 Å². The molecule has 0 unspecified atom stereocenters. The Kier molecular flexibility index (Phi) is 32.5. The van der Waals surface area contributed by atoms with E-state index in [4.69, 9.17) is 47.4 Å². The van der Waals surface area contributed by atoms with E-state index in [0.29, 0.717) is 6.42 Å². The van der Waals surface area contributed by atoms with Crippen molar-refractivity contribution in [1.29, 1.82) is 0 Å². The second kappa shape index (κ2) is 37.8. The van der Waals surface area contributed by atoms with Crippen molar-refractivity contribution in [3.8, 4) is 0 Å². The second-order valence-corrected chi connectivity index (χ2v) is 23.7. The predicted octanol–water partition coefficient (Wildman–Crippen LogP) is -7.28. The number of aliphatic hydroxyl groups excluding tert-OH is 16. The molecule has 34 heteroatoms. The Morgan fingerprint density at radius 1 is 0.549 bits per heavy atom. The standard InChI is InChI=1S/C57H99N3O31/c1-5-6-7-8-9-10-11-12-13-14-15-16-17-18-30(69)29(58-26(2)66)25-82-53-44(77)43(76)48(36(24-65)86-53)88-54-45(78)50(40(73)33(21-62)83-54)89-52-38(60-28(4)68)42(75)47(35(23-64)85-52)87-55-46(79)51(41(74)34(22-63)84-55)91-57(56(80)81)19-31(70)37(59-27(3)67)49(90-57)39(72)32(71)20-61/h17-18,29-55,61-65,69-79H,5-16,19-25H2,1-4H3,(H,58,66)(H,59,67)(H,60,68)(H,80,81)/b18-17+/t29-,30+,31-,32+,33+,34+,35+,36+,37+,38+,39+,40-,41-,42+,43+,44+,45+,46+,47+,48+,49+,50-,51-,52-,53+,54-,55-,57-/m0/s1. The number of hydrogen-bond acceptors (Lipinski definition) is 30. The van der Waals surface area contributed by atoms with Crippen LogP contribution in [0.25, 0.3) is 0 Å². The third-order valence-electron chi connectivity index (χ3n) is 16.6. The van der Waals surface area contributed by atoms with Crippen LogP contribution in [0.4, 0.5) is 0 Å². The SMILES string of the molecule is CCCCCCCCCCCCC/C=C/[C@@H](O)[C@H](CO[C@@H]1O[C@H](CO)[C@@H](O[C@@H]2O[C@H](CO)[C@H](O)[C@H](O[C@@H]3O[C@H](CO)[C@@H](O[C@@H]4O[C@H](CO)[C@H](O)[C@H](O[C@]5(C(=O)O)C[C@H](O)[C@@H](NC(C)=O)[C@H]([C@H](O)[C@H](O)CO)O5)[C@H]4O)[C@H](O)[C@H]3NC(C)=O)[C@H]2O)[C@H](O)[C@H]1O)NC(C)=O. The summed E-state index contributed by atoms with van der Waals surface area (Å²) < 4.78 is 57.9. The summed E-state index contributed by atoms with van der Waals surface area (Å²) >= 11 is 0. The van der Waals surface area contributed by atoms with Gasteiger partial charge in [0, 0.05) is 27.2 Å². The molecule has 20 N–H and O–H groups in total. The highest BCUT2D eigenvalue weighted by Gasteiger charge is 2.61. The molecule has 0 saturated carbocycles. The third-order valence-corrected chi connectivity index (χ3v) is 16.6. The Morgan fingerprint density at radius 2 is 1.02 bits per heavy atom. The number of aliphatic carboxylic acids is 1. The summed E-state index contributed by atoms with van der Waals surface area (Å²) in [5.74, 6) is -7.50. The Balaban J connectivity index is 1.27. The molecule has 5 aliphatic heterocycles. The number of nitrogens with one attached hydrogen (secondary N) is 3. The zero-order valence-corrected chi connectivity index (χ0v) is 51.5. The molecule has 5 saturated heterocycles. The zero-order valence-electron chi connectivity index (χ0n) is 51.5. The summed E-state index contributed by atoms with van der Waals surface area (Å²) in [6.07, 6.45) is -32.1. The first-order valence-corrected chi connectivity index (χ1v) is 31.0. The summed E-state index contributed by atoms with van der Waals surface area (Å²) in [6.45, 7) is -0.419. The van der Waals surface area contributed by atoms with Crippen molar-refractivity contribution < 1.29 is 153 Å². The van der Waals surface area contributed by atoms with E-state index in [0.717, 1.165) is 39.5 Å². The second-order valence-electron chi connectivity index (χ2n) is 23.7. The Labute approximate surface area is 525 Å². The number of aliphatic hydroxyl groups is 16. The van der Waals surface area contributed by atoms with Crippen LogP contribution in [0.3, 0.4) is 0 Å². The highest BCUT2D eigenvalue weighted by atomic mass is 16.8. The van der Waals surface area contributed by atoms with Gasteiger partial charge in [0.25, 0.3) is 5.79 Å². The molecule has 0 aromatic heterocycles. The van der Waals surface area contributed by atoms with Crippen molar-refractivity contribution in [1.82, 2.24) is 16.0 Å². The van der Waals surface area contributed by atoms with E-state index in [1.807, 2.05) is 0 Å². The topological polar surface area (TPSA) is 541 Å². The maximum absolute atomic E-state index is 13.1. The van der Waals surface area contributed by atoms with E-state index in [2.05, 4.69) is 22.9 Å². The minimum atomic E-state index is -3.19. The molecule has 528 valence electrons. The molecule has 5 aliphatic rings. The van der Waals surface area contributed by atoms with E-state index in [1.165, 1.54) is 57.9 Å². The van der Waals surface area contributed by atoms with Gasteiger partial charge in [0.2, 0.25) is 17.7 Å². The number of unbranched alkanes of at least 4 members (excludes halogenated alkanes) is 11. The summed E-state index contributed by atoms with van der Waals surface area (Å²) in [5.41, 5.74) is 0. The van der Waals surface area contributed by atoms with Gasteiger partial charge in [0.05, 0.1) is 63.9 Å². The van der Waals surface area contributed by atoms with E-state index in [1.54, 1.807) is 6.08 Å². The van der Waals surface area contributed by atoms with E-state index in [9.17, 15) is 106 Å². The van der Waals surface area contributed by atoms with Crippen LogP contribution in [0.5, 0.6) is 0 Å². The van der Waals surface area contributed by atoms with Crippen molar-refractivity contribution in [2.24, 2.45) is 0 Å². The number of carbonyl (C=O) groups is 4. The fourth-order valence-electron chi connectivity index (χ4n) is 11.6. The molecule has 5 fully saturated rings. The summed E-state index contributed by atoms with van der Waals surface area (Å²) in [6, 6.07) is -4.60. The average Bonchev–Trinajstić information content (AvgIpc) is 0.792. The van der Waals surface area contributed by atoms with Gasteiger partial charge in [0.1, 0.15) is 116 Å². The molecular formula is C57H99N3O31. The monoisotopic (exact) mass is 1320 g/mol. The average molecular weight is 1320 g/mol. The lowest BCUT2D eigenvalue weighted by atomic mass is 9.88. The highest BCUT2D eigenvalue weighted by molar-refractivity contribution is 5.77. The summed E-state index contributed by atoms with van der Waals surface area (Å²) in [7, 11) is 0. The highest BCUT2D eigenvalue weighted by Crippen LogP contribution is 2.40. The van der Waals surface area contributed by atoms with Crippen molar-refractivity contribution in [3.05, 3.63) is 12.2 Å². The fraction of sp³-hybridized carbons (Fsp3) is 0.895. The lowest BCUT2D eigenvalue weighted by Crippen LogP contribution is -2.71. The molecule has 34 nitrogen and oxygen atoms in total. The van der Waals surface area contributed by atoms with Crippen LogP contribution in [0.1, 0.15) is 111 Å². The molecule has 91 heavy (non-hydrogen) atoms. The molecule has 0 aromatic rings. The Hall–Kier alpha value is -3.42. The van der Waals surface area contributed by atoms with Crippen LogP contribution < -0.4 is 16.0 Å². The van der Waals surface area contributed by atoms with Gasteiger partial charge in [-0.2, -0.15) is 0 Å². The van der Waals surface area contributed by atoms with E-state index >= 15 is 0 Å². The maximum Gasteiger partial charge on any atom is 0.364 e. The number of hydrogen-bond donors (Lipinski definition) is 20. The van der Waals surface area contributed by atoms with Gasteiger partial charge in [-0.25, -0.2) is 4.79 Å². The normalized spacial score (nSPS) is 38.6. The van der Waals surface area contributed by atoms with Gasteiger partial charge in [0.15, 0.2) is 25.2 Å². The predicted molar refractivity (Wildman–Crippen MR) is 304 cm³/mol. The van der Waals surface area contributed by atoms with Gasteiger partial charge in [-0.05, 0) is 12.8 Å². The number of carboxylic acid groups (broad SMARTS) is 1. The summed E-state index contributed by atoms with van der Waals surface area (Å²) in [4.78, 5) is 50.1. The fourth-order valence-corrected chi connectivity index (χ4v) is 11.6. The van der Waals surface area contributed by atoms with Gasteiger partial charge < -0.3 is 150 Å². The van der Waals surface area contributed by atoms with E-state index < -0.39 is 241 Å². The van der Waals surface area contributed by atoms with Crippen LogP contribution in [0, 0.1) is 0 Å². The van der Waals surface area contributed by atoms with Gasteiger partial charge in [-0.1, -0.05) is 83.3 Å². The van der Waals surface area contributed by atoms with Gasteiger partial charge in [-0.3, -0.25) is 14.4 Å². The number of ether oxygens (including phenoxy) is 10. The molecule has 0 radical (unpaired) electrons. The zero-order chi connectivity index (χ0) is 67.4. The molecule has 5 rings (SSSR count). The first-order valence-electron chi connectivity index (χ1n) is 31.0. The van der Waals surface area contributed by atoms with Gasteiger partial charge in [-0.15, -0.1) is 0 Å². The molecule has 0 aromatic carbocycles. The number of carboxylic acids is 1. The van der Waals surface area contributed by atoms with Crippen LogP contribution in [0.2, 0.25) is 0 Å². The molecule has 28 atom stereocenters. The largest absolute Gasteiger partial charge is 0.477 e.